The largest absolute Gasteiger partial charge is 0.481 e. The van der Waals surface area contributed by atoms with Gasteiger partial charge in [-0.1, -0.05) is 0 Å². The molecule has 0 saturated carbocycles. The standard InChI is InChI=1S/C6H19NO12P4.C4H7NO4/c1-3-7(4-2,5(20(8,9)10)21(11,12)13)6(22(14,15)16)23(17,18)19;5-2(4(8)9)1-3(6)7/h5-6H,3-4H2,1-2H3,(H7-,8,9,10,11,12,13,14,15,16,17,18,19);2H,1,5H2,(H,6,7)(H,8,9)/p+1/t;2-/m.0/s1. The van der Waals surface area contributed by atoms with Gasteiger partial charge in [0.2, 0.25) is 0 Å². The van der Waals surface area contributed by atoms with Gasteiger partial charge in [-0.2, -0.15) is 0 Å². The lowest BCUT2D eigenvalue weighted by atomic mass is 10.2. The van der Waals surface area contributed by atoms with Crippen LogP contribution in [0.15, 0.2) is 0 Å². The Kier molecular flexibility index (Phi) is 12.3. The third-order valence-corrected chi connectivity index (χ3v) is 11.9. The van der Waals surface area contributed by atoms with Crippen LogP contribution in [-0.4, -0.2) is 96.0 Å². The molecule has 32 heavy (non-hydrogen) atoms. The second kappa shape index (κ2) is 11.7. The van der Waals surface area contributed by atoms with Crippen molar-refractivity contribution in [1.82, 2.24) is 0 Å². The Balaban J connectivity index is 0. The molecule has 0 heterocycles. The van der Waals surface area contributed by atoms with E-state index in [0.717, 1.165) is 13.8 Å². The third kappa shape index (κ3) is 9.75. The first-order valence-electron chi connectivity index (χ1n) is 8.17. The van der Waals surface area contributed by atoms with E-state index in [2.05, 4.69) is 0 Å². The minimum atomic E-state index is -5.72. The van der Waals surface area contributed by atoms with Gasteiger partial charge in [-0.15, -0.1) is 0 Å². The lowest BCUT2D eigenvalue weighted by Gasteiger charge is -2.47. The van der Waals surface area contributed by atoms with Crippen LogP contribution < -0.4 is 5.73 Å². The van der Waals surface area contributed by atoms with Crippen molar-refractivity contribution >= 4 is 42.3 Å². The van der Waals surface area contributed by atoms with Crippen molar-refractivity contribution in [3.05, 3.63) is 0 Å². The van der Waals surface area contributed by atoms with E-state index in [9.17, 15) is 67.0 Å². The van der Waals surface area contributed by atoms with Gasteiger partial charge in [-0.05, 0) is 13.8 Å². The molecule has 0 amide bonds. The van der Waals surface area contributed by atoms with E-state index in [-0.39, 0.29) is 0 Å². The Hall–Kier alpha value is -0.540. The highest BCUT2D eigenvalue weighted by molar-refractivity contribution is 7.72. The second-order valence-corrected chi connectivity index (χ2v) is 13.8. The summed E-state index contributed by atoms with van der Waals surface area (Å²) >= 11 is 0. The Morgan fingerprint density at radius 2 is 0.969 bits per heavy atom. The van der Waals surface area contributed by atoms with Gasteiger partial charge in [0.05, 0.1) is 19.5 Å². The summed E-state index contributed by atoms with van der Waals surface area (Å²) in [6.07, 6.45) is -0.532. The molecule has 0 aromatic heterocycles. The highest BCUT2D eigenvalue weighted by atomic mass is 31.2. The molecule has 1 atom stereocenters. The molecule has 22 heteroatoms. The normalized spacial score (nSPS) is 14.7. The van der Waals surface area contributed by atoms with Crippen molar-refractivity contribution < 1.29 is 81.7 Å². The van der Waals surface area contributed by atoms with Crippen molar-refractivity contribution in [3.8, 4) is 0 Å². The van der Waals surface area contributed by atoms with Gasteiger partial charge in [-0.25, -0.2) is 0 Å². The maximum absolute atomic E-state index is 11.6. The molecule has 12 N–H and O–H groups in total. The van der Waals surface area contributed by atoms with Gasteiger partial charge in [0.25, 0.3) is 11.0 Å². The molecule has 0 unspecified atom stereocenters. The van der Waals surface area contributed by atoms with Gasteiger partial charge in [0.15, 0.2) is 0 Å². The maximum Gasteiger partial charge on any atom is 0.395 e. The number of hydrogen-bond acceptors (Lipinski definition) is 7. The maximum atomic E-state index is 11.6. The summed E-state index contributed by atoms with van der Waals surface area (Å²) in [4.78, 5) is 93.9. The molecule has 0 rings (SSSR count). The van der Waals surface area contributed by atoms with Crippen LogP contribution in [0.2, 0.25) is 0 Å². The number of rotatable bonds is 11. The summed E-state index contributed by atoms with van der Waals surface area (Å²) < 4.78 is 44.5. The number of quaternary nitrogens is 1. The molecular formula is C10H27N2O16P4+. The quantitative estimate of drug-likeness (QED) is 0.0969. The SMILES string of the molecule is CC[N+](CC)(C(P(=O)(O)O)P(=O)(O)O)C(P(=O)(O)O)P(=O)(O)O.N[C@@H](CC(=O)O)C(=O)O. The number of carboxylic acids is 2. The Labute approximate surface area is 180 Å². The first-order valence-corrected chi connectivity index (χ1v) is 14.9. The minimum absolute atomic E-state index is 0.532. The Morgan fingerprint density at radius 3 is 1.06 bits per heavy atom. The van der Waals surface area contributed by atoms with Crippen molar-refractivity contribution in [2.45, 2.75) is 37.4 Å². The highest BCUT2D eigenvalue weighted by Crippen LogP contribution is 2.71. The number of aliphatic carboxylic acids is 2. The molecule has 0 radical (unpaired) electrons. The second-order valence-electron chi connectivity index (χ2n) is 6.33. The first-order chi connectivity index (χ1) is 13.9. The molecule has 192 valence electrons. The summed E-state index contributed by atoms with van der Waals surface area (Å²) in [5, 5.41) is 16.0. The van der Waals surface area contributed by atoms with Crippen LogP contribution in [0.1, 0.15) is 20.3 Å². The summed E-state index contributed by atoms with van der Waals surface area (Å²) in [5.74, 6) is -2.50. The van der Waals surface area contributed by atoms with Gasteiger partial charge < -0.3 is 55.1 Å². The average molecular weight is 555 g/mol. The van der Waals surface area contributed by atoms with Crippen LogP contribution in [0.4, 0.5) is 0 Å². The minimum Gasteiger partial charge on any atom is -0.481 e. The van der Waals surface area contributed by atoms with Gasteiger partial charge in [0, 0.05) is 0 Å². The third-order valence-electron chi connectivity index (χ3n) is 4.01. The van der Waals surface area contributed by atoms with Gasteiger partial charge >= 0.3 is 42.3 Å². The fraction of sp³-hybridized carbons (Fsp3) is 0.800. The lowest BCUT2D eigenvalue weighted by Crippen LogP contribution is -2.60. The predicted octanol–water partition coefficient (Wildman–Crippen LogP) is -2.01. The zero-order chi connectivity index (χ0) is 26.5. The molecule has 0 aromatic carbocycles. The fourth-order valence-corrected chi connectivity index (χ4v) is 10.7. The number of hydrogen-bond donors (Lipinski definition) is 11. The summed E-state index contributed by atoms with van der Waals surface area (Å²) in [6, 6.07) is -1.29. The topological polar surface area (TPSA) is 331 Å². The van der Waals surface area contributed by atoms with Crippen molar-refractivity contribution in [3.63, 3.8) is 0 Å². The molecule has 0 aliphatic rings. The number of nitrogens with two attached hydrogens (primary N) is 1. The molecule has 18 nitrogen and oxygen atoms in total. The molecule has 0 spiro atoms. The van der Waals surface area contributed by atoms with Crippen LogP contribution in [0.3, 0.4) is 0 Å². The van der Waals surface area contributed by atoms with Gasteiger partial charge in [-0.3, -0.25) is 32.3 Å². The Bertz CT molecular complexity index is 755. The van der Waals surface area contributed by atoms with E-state index < -0.39 is 83.4 Å². The average Bonchev–Trinajstić information content (AvgIpc) is 2.48. The summed E-state index contributed by atoms with van der Waals surface area (Å²) in [6.45, 7) is 0.552. The van der Waals surface area contributed by atoms with Crippen molar-refractivity contribution in [2.75, 3.05) is 13.1 Å². The summed E-state index contributed by atoms with van der Waals surface area (Å²) in [5.41, 5.74) is -1.23. The van der Waals surface area contributed by atoms with Crippen LogP contribution in [-0.2, 0) is 27.8 Å². The molecule has 0 bridgehead atoms. The van der Waals surface area contributed by atoms with Crippen LogP contribution >= 0.6 is 30.4 Å². The molecule has 0 saturated heterocycles. The molecule has 0 fully saturated rings. The van der Waals surface area contributed by atoms with E-state index in [1.807, 2.05) is 0 Å². The monoisotopic (exact) mass is 555 g/mol. The van der Waals surface area contributed by atoms with E-state index >= 15 is 0 Å². The van der Waals surface area contributed by atoms with E-state index in [1.54, 1.807) is 0 Å². The first kappa shape index (κ1) is 33.6. The van der Waals surface area contributed by atoms with E-state index in [4.69, 9.17) is 15.9 Å². The van der Waals surface area contributed by atoms with E-state index in [0.29, 0.717) is 0 Å². The smallest absolute Gasteiger partial charge is 0.395 e. The van der Waals surface area contributed by atoms with Crippen LogP contribution in [0.25, 0.3) is 0 Å². The van der Waals surface area contributed by atoms with Crippen LogP contribution in [0.5, 0.6) is 0 Å². The molecular weight excluding hydrogens is 528 g/mol. The van der Waals surface area contributed by atoms with Gasteiger partial charge in [0.1, 0.15) is 6.04 Å². The summed E-state index contributed by atoms with van der Waals surface area (Å²) in [7, 11) is -22.9. The van der Waals surface area contributed by atoms with Crippen LogP contribution in [0, 0.1) is 0 Å². The number of carbonyl (C=O) groups is 2. The van der Waals surface area contributed by atoms with Crippen molar-refractivity contribution in [1.29, 1.82) is 0 Å². The van der Waals surface area contributed by atoms with Crippen molar-refractivity contribution in [2.24, 2.45) is 5.73 Å². The highest BCUT2D eigenvalue weighted by Gasteiger charge is 2.68. The van der Waals surface area contributed by atoms with E-state index in [1.165, 1.54) is 0 Å². The predicted molar refractivity (Wildman–Crippen MR) is 105 cm³/mol. The molecule has 0 aliphatic carbocycles. The molecule has 0 aromatic rings. The Morgan fingerprint density at radius 1 is 0.719 bits per heavy atom. The zero-order valence-corrected chi connectivity index (χ0v) is 20.2. The number of carboxylic acid groups (broad SMARTS) is 2. The number of nitrogens with zero attached hydrogens (tertiary/aromatic N) is 1. The molecule has 0 aliphatic heterocycles. The fourth-order valence-electron chi connectivity index (χ4n) is 2.86. The lowest BCUT2D eigenvalue weighted by molar-refractivity contribution is -0.927. The zero-order valence-electron chi connectivity index (χ0n) is 16.6.